The Bertz CT molecular complexity index is 1060. The smallest absolute Gasteiger partial charge is 0.269 e. The molecular formula is C21H18FN3O3S2. The average Bonchev–Trinajstić information content (AvgIpc) is 2.99. The SMILES string of the molecule is Cc1ccccc1C(=O)NNC(=O)CCN1C(=O)C(=Cc2ccccc2F)SC1=S. The number of aryl methyl sites for hydroxylation is 1. The second-order valence-corrected chi connectivity index (χ2v) is 8.10. The highest BCUT2D eigenvalue weighted by Crippen LogP contribution is 2.32. The molecule has 0 aliphatic carbocycles. The van der Waals surface area contributed by atoms with Crippen LogP contribution in [0.25, 0.3) is 6.08 Å². The highest BCUT2D eigenvalue weighted by atomic mass is 32.2. The lowest BCUT2D eigenvalue weighted by Crippen LogP contribution is -2.43. The Hall–Kier alpha value is -3.04. The maximum absolute atomic E-state index is 13.8. The Morgan fingerprint density at radius 3 is 2.57 bits per heavy atom. The number of hydrogen-bond acceptors (Lipinski definition) is 5. The number of carbonyl (C=O) groups excluding carboxylic acids is 3. The molecule has 3 rings (SSSR count). The first-order chi connectivity index (χ1) is 14.4. The molecule has 0 spiro atoms. The van der Waals surface area contributed by atoms with Crippen LogP contribution in [0.3, 0.4) is 0 Å². The zero-order valence-corrected chi connectivity index (χ0v) is 17.6. The van der Waals surface area contributed by atoms with Crippen LogP contribution in [0.4, 0.5) is 4.39 Å². The largest absolute Gasteiger partial charge is 0.292 e. The average molecular weight is 444 g/mol. The summed E-state index contributed by atoms with van der Waals surface area (Å²) >= 11 is 6.27. The van der Waals surface area contributed by atoms with Crippen LogP contribution in [0.15, 0.2) is 53.4 Å². The maximum atomic E-state index is 13.8. The lowest BCUT2D eigenvalue weighted by Gasteiger charge is -2.14. The summed E-state index contributed by atoms with van der Waals surface area (Å²) in [5.74, 6) is -1.72. The predicted octanol–water partition coefficient (Wildman–Crippen LogP) is 3.19. The molecule has 1 fully saturated rings. The number of thioether (sulfide) groups is 1. The number of nitrogens with zero attached hydrogens (tertiary/aromatic N) is 1. The normalized spacial score (nSPS) is 14.9. The monoisotopic (exact) mass is 443 g/mol. The maximum Gasteiger partial charge on any atom is 0.269 e. The predicted molar refractivity (Wildman–Crippen MR) is 118 cm³/mol. The number of amides is 3. The number of carbonyl (C=O) groups is 3. The van der Waals surface area contributed by atoms with Crippen LogP contribution < -0.4 is 10.9 Å². The molecule has 1 saturated heterocycles. The first-order valence-corrected chi connectivity index (χ1v) is 10.2. The molecule has 0 unspecified atom stereocenters. The fraction of sp³-hybridized carbons (Fsp3) is 0.143. The van der Waals surface area contributed by atoms with E-state index in [1.807, 2.05) is 6.07 Å². The molecule has 0 saturated carbocycles. The standard InChI is InChI=1S/C21H18FN3O3S2/c1-13-6-2-4-8-15(13)19(27)24-23-18(26)10-11-25-20(28)17(30-21(25)29)12-14-7-3-5-9-16(14)22/h2-9,12H,10-11H2,1H3,(H,23,26)(H,24,27). The van der Waals surface area contributed by atoms with E-state index >= 15 is 0 Å². The second-order valence-electron chi connectivity index (χ2n) is 6.42. The molecule has 1 aliphatic heterocycles. The summed E-state index contributed by atoms with van der Waals surface area (Å²) in [5.41, 5.74) is 6.20. The lowest BCUT2D eigenvalue weighted by atomic mass is 10.1. The molecule has 1 aliphatic rings. The van der Waals surface area contributed by atoms with Crippen molar-refractivity contribution in [3.05, 3.63) is 75.9 Å². The number of halogens is 1. The van der Waals surface area contributed by atoms with E-state index in [2.05, 4.69) is 10.9 Å². The van der Waals surface area contributed by atoms with E-state index < -0.39 is 17.6 Å². The van der Waals surface area contributed by atoms with Gasteiger partial charge < -0.3 is 0 Å². The zero-order chi connectivity index (χ0) is 21.7. The quantitative estimate of drug-likeness (QED) is 0.422. The number of nitrogens with one attached hydrogen (secondary N) is 2. The molecule has 0 bridgehead atoms. The molecule has 154 valence electrons. The van der Waals surface area contributed by atoms with Gasteiger partial charge in [0.1, 0.15) is 10.1 Å². The molecule has 30 heavy (non-hydrogen) atoms. The van der Waals surface area contributed by atoms with Gasteiger partial charge in [0, 0.05) is 24.1 Å². The Morgan fingerprint density at radius 1 is 1.13 bits per heavy atom. The van der Waals surface area contributed by atoms with Crippen LogP contribution in [0.1, 0.15) is 27.9 Å². The van der Waals surface area contributed by atoms with E-state index in [4.69, 9.17) is 12.2 Å². The first kappa shape index (κ1) is 21.7. The summed E-state index contributed by atoms with van der Waals surface area (Å²) in [5, 5.41) is 0. The molecule has 0 radical (unpaired) electrons. The third kappa shape index (κ3) is 5.11. The summed E-state index contributed by atoms with van der Waals surface area (Å²) in [6.07, 6.45) is 1.38. The summed E-state index contributed by atoms with van der Waals surface area (Å²) in [6.45, 7) is 1.84. The number of rotatable bonds is 5. The van der Waals surface area contributed by atoms with Crippen molar-refractivity contribution in [2.75, 3.05) is 6.54 Å². The molecule has 1 heterocycles. The van der Waals surface area contributed by atoms with Gasteiger partial charge in [0.25, 0.3) is 11.8 Å². The van der Waals surface area contributed by atoms with Gasteiger partial charge in [0.2, 0.25) is 5.91 Å². The van der Waals surface area contributed by atoms with Crippen LogP contribution in [0.5, 0.6) is 0 Å². The van der Waals surface area contributed by atoms with E-state index in [9.17, 15) is 18.8 Å². The van der Waals surface area contributed by atoms with Crippen molar-refractivity contribution < 1.29 is 18.8 Å². The molecule has 0 aromatic heterocycles. The molecule has 3 amide bonds. The summed E-state index contributed by atoms with van der Waals surface area (Å²) in [6, 6.07) is 13.1. The molecule has 2 aromatic rings. The minimum Gasteiger partial charge on any atom is -0.292 e. The van der Waals surface area contributed by atoms with Crippen LogP contribution in [0, 0.1) is 12.7 Å². The van der Waals surface area contributed by atoms with Crippen molar-refractivity contribution in [3.8, 4) is 0 Å². The summed E-state index contributed by atoms with van der Waals surface area (Å²) < 4.78 is 14.1. The minimum atomic E-state index is -0.468. The van der Waals surface area contributed by atoms with Crippen molar-refractivity contribution in [1.82, 2.24) is 15.8 Å². The van der Waals surface area contributed by atoms with Crippen LogP contribution in [-0.4, -0.2) is 33.5 Å². The van der Waals surface area contributed by atoms with Crippen LogP contribution in [-0.2, 0) is 9.59 Å². The Kier molecular flexibility index (Phi) is 6.96. The number of hydrazine groups is 1. The van der Waals surface area contributed by atoms with Crippen LogP contribution >= 0.6 is 24.0 Å². The fourth-order valence-electron chi connectivity index (χ4n) is 2.72. The van der Waals surface area contributed by atoms with Crippen molar-refractivity contribution in [2.45, 2.75) is 13.3 Å². The molecule has 2 aromatic carbocycles. The zero-order valence-electron chi connectivity index (χ0n) is 16.0. The van der Waals surface area contributed by atoms with E-state index in [-0.39, 0.29) is 24.4 Å². The first-order valence-electron chi connectivity index (χ1n) is 9.01. The van der Waals surface area contributed by atoms with Crippen LogP contribution in [0.2, 0.25) is 0 Å². The number of benzene rings is 2. The van der Waals surface area contributed by atoms with Gasteiger partial charge in [-0.1, -0.05) is 60.4 Å². The summed E-state index contributed by atoms with van der Waals surface area (Å²) in [7, 11) is 0. The third-order valence-electron chi connectivity index (χ3n) is 4.33. The highest BCUT2D eigenvalue weighted by molar-refractivity contribution is 8.26. The van der Waals surface area contributed by atoms with Gasteiger partial charge in [-0.25, -0.2) is 4.39 Å². The topological polar surface area (TPSA) is 78.5 Å². The Morgan fingerprint density at radius 2 is 1.83 bits per heavy atom. The fourth-order valence-corrected chi connectivity index (χ4v) is 4.02. The van der Waals surface area contributed by atoms with Crippen molar-refractivity contribution in [2.24, 2.45) is 0 Å². The molecular weight excluding hydrogens is 425 g/mol. The van der Waals surface area contributed by atoms with Gasteiger partial charge >= 0.3 is 0 Å². The number of hydrogen-bond donors (Lipinski definition) is 2. The molecule has 9 heteroatoms. The van der Waals surface area contributed by atoms with Gasteiger partial charge in [-0.05, 0) is 30.7 Å². The summed E-state index contributed by atoms with van der Waals surface area (Å²) in [4.78, 5) is 38.3. The minimum absolute atomic E-state index is 0.0470. The molecule has 0 atom stereocenters. The van der Waals surface area contributed by atoms with Crippen molar-refractivity contribution >= 4 is 52.1 Å². The van der Waals surface area contributed by atoms with E-state index in [1.165, 1.54) is 17.0 Å². The van der Waals surface area contributed by atoms with Gasteiger partial charge in [-0.15, -0.1) is 0 Å². The van der Waals surface area contributed by atoms with Gasteiger partial charge in [-0.3, -0.25) is 30.1 Å². The molecule has 2 N–H and O–H groups in total. The Labute approximate surface area is 182 Å². The molecule has 6 nitrogen and oxygen atoms in total. The van der Waals surface area contributed by atoms with E-state index in [0.29, 0.717) is 14.8 Å². The van der Waals surface area contributed by atoms with Gasteiger partial charge in [-0.2, -0.15) is 0 Å². The van der Waals surface area contributed by atoms with Crippen molar-refractivity contribution in [1.29, 1.82) is 0 Å². The Balaban J connectivity index is 1.54. The highest BCUT2D eigenvalue weighted by Gasteiger charge is 2.32. The second kappa shape index (κ2) is 9.64. The van der Waals surface area contributed by atoms with Crippen molar-refractivity contribution in [3.63, 3.8) is 0 Å². The number of thiocarbonyl (C=S) groups is 1. The van der Waals surface area contributed by atoms with Gasteiger partial charge in [0.15, 0.2) is 0 Å². The third-order valence-corrected chi connectivity index (χ3v) is 5.71. The van der Waals surface area contributed by atoms with E-state index in [0.717, 1.165) is 17.3 Å². The van der Waals surface area contributed by atoms with Gasteiger partial charge in [0.05, 0.1) is 4.91 Å². The van der Waals surface area contributed by atoms with E-state index in [1.54, 1.807) is 43.3 Å². The lowest BCUT2D eigenvalue weighted by molar-refractivity contribution is -0.124.